The van der Waals surface area contributed by atoms with Crippen molar-refractivity contribution in [1.82, 2.24) is 14.9 Å². The van der Waals surface area contributed by atoms with Gasteiger partial charge in [0.05, 0.1) is 16.6 Å². The van der Waals surface area contributed by atoms with Crippen LogP contribution in [0, 0.1) is 26.2 Å². The van der Waals surface area contributed by atoms with Gasteiger partial charge in [-0.1, -0.05) is 64.3 Å². The lowest BCUT2D eigenvalue weighted by Crippen LogP contribution is -2.51. The van der Waals surface area contributed by atoms with E-state index < -0.39 is 10.0 Å². The molecule has 1 saturated carbocycles. The summed E-state index contributed by atoms with van der Waals surface area (Å²) in [6.45, 7) is 12.7. The van der Waals surface area contributed by atoms with Crippen molar-refractivity contribution in [1.29, 1.82) is 0 Å². The number of benzene rings is 2. The molecule has 1 N–H and O–H groups in total. The molecule has 3 aromatic rings. The molecule has 5 rings (SSSR count). The number of nitrogens with zero attached hydrogens (tertiary/aromatic N) is 3. The maximum Gasteiger partial charge on any atom is 0.264 e. The Hall–Kier alpha value is -3.46. The van der Waals surface area contributed by atoms with Crippen molar-refractivity contribution in [3.05, 3.63) is 64.7 Å². The van der Waals surface area contributed by atoms with Crippen LogP contribution < -0.4 is 9.46 Å². The molecule has 2 aliphatic rings. The maximum absolute atomic E-state index is 14.3. The van der Waals surface area contributed by atoms with Crippen LogP contribution in [0.2, 0.25) is 0 Å². The van der Waals surface area contributed by atoms with Crippen LogP contribution in [0.25, 0.3) is 11.3 Å². The summed E-state index contributed by atoms with van der Waals surface area (Å²) in [5.74, 6) is 0.0729. The summed E-state index contributed by atoms with van der Waals surface area (Å²) in [6, 6.07) is 12.1. The monoisotopic (exact) mass is 590 g/mol. The normalized spacial score (nSPS) is 19.6. The molecular formula is C33H42N4O4S. The molecule has 0 radical (unpaired) electrons. The number of ether oxygens (including phenoxy) is 1. The van der Waals surface area contributed by atoms with Crippen molar-refractivity contribution in [2.45, 2.75) is 97.0 Å². The summed E-state index contributed by atoms with van der Waals surface area (Å²) in [4.78, 5) is 25.6. The van der Waals surface area contributed by atoms with Crippen LogP contribution in [0.5, 0.6) is 5.88 Å². The Labute approximate surface area is 250 Å². The lowest BCUT2D eigenvalue weighted by molar-refractivity contribution is 0.0326. The molecule has 0 saturated heterocycles. The summed E-state index contributed by atoms with van der Waals surface area (Å²) in [5.41, 5.74) is 4.54. The molecule has 42 heavy (non-hydrogen) atoms. The SMILES string of the molecule is Cc1cccc(C)c1-c1nc2nc(c1C)OC[C@@H](CC(C)(C)C)N(C1CCCCC1)C(=O)c1cccc(c1)S(=O)(=O)N2. The number of carbonyl (C=O) groups is 1. The van der Waals surface area contributed by atoms with E-state index in [9.17, 15) is 13.2 Å². The zero-order valence-electron chi connectivity index (χ0n) is 25.5. The molecule has 1 aromatic heterocycles. The van der Waals surface area contributed by atoms with Crippen molar-refractivity contribution in [3.8, 4) is 17.1 Å². The second kappa shape index (κ2) is 11.7. The number of hydrogen-bond acceptors (Lipinski definition) is 6. The number of rotatable bonds is 3. The predicted molar refractivity (Wildman–Crippen MR) is 165 cm³/mol. The van der Waals surface area contributed by atoms with E-state index in [0.717, 1.165) is 54.4 Å². The zero-order valence-corrected chi connectivity index (χ0v) is 26.3. The Balaban J connectivity index is 1.72. The van der Waals surface area contributed by atoms with Gasteiger partial charge in [0.15, 0.2) is 0 Å². The standard InChI is InChI=1S/C33H42N4O4S/c1-21-12-10-13-22(2)28(21)29-23(3)30-35-32(34-29)36-42(39,40)27-17-11-14-24(18-27)31(38)37(25-15-8-7-9-16-25)26(20-41-30)19-33(4,5)6/h10-14,17-18,25-26H,7-9,15-16,19-20H2,1-6H3,(H,34,35,36)/t26-/m1/s1. The van der Waals surface area contributed by atoms with Crippen LogP contribution in [0.3, 0.4) is 0 Å². The molecule has 0 spiro atoms. The molecule has 1 aliphatic heterocycles. The second-order valence-corrected chi connectivity index (χ2v) is 14.6. The first kappa shape index (κ1) is 30.0. The Morgan fingerprint density at radius 1 is 0.976 bits per heavy atom. The van der Waals surface area contributed by atoms with Gasteiger partial charge >= 0.3 is 0 Å². The van der Waals surface area contributed by atoms with Gasteiger partial charge < -0.3 is 9.64 Å². The van der Waals surface area contributed by atoms with Gasteiger partial charge in [0.2, 0.25) is 11.8 Å². The second-order valence-electron chi connectivity index (χ2n) is 13.0. The Kier molecular flexibility index (Phi) is 8.34. The molecule has 224 valence electrons. The summed E-state index contributed by atoms with van der Waals surface area (Å²) < 4.78 is 36.3. The topological polar surface area (TPSA) is 101 Å². The molecule has 0 unspecified atom stereocenters. The first-order chi connectivity index (χ1) is 19.8. The van der Waals surface area contributed by atoms with Crippen LogP contribution in [0.15, 0.2) is 47.4 Å². The number of anilines is 1. The highest BCUT2D eigenvalue weighted by molar-refractivity contribution is 7.92. The summed E-state index contributed by atoms with van der Waals surface area (Å²) in [5, 5.41) is 0. The lowest BCUT2D eigenvalue weighted by Gasteiger charge is -2.42. The van der Waals surface area contributed by atoms with E-state index >= 15 is 0 Å². The van der Waals surface area contributed by atoms with Crippen molar-refractivity contribution in [3.63, 3.8) is 0 Å². The maximum atomic E-state index is 14.3. The van der Waals surface area contributed by atoms with Gasteiger partial charge in [0, 0.05) is 22.7 Å². The Morgan fingerprint density at radius 2 is 1.64 bits per heavy atom. The van der Waals surface area contributed by atoms with Crippen LogP contribution in [-0.4, -0.2) is 47.9 Å². The minimum Gasteiger partial charge on any atom is -0.475 e. The number of aryl methyl sites for hydroxylation is 2. The minimum atomic E-state index is -4.10. The van der Waals surface area contributed by atoms with E-state index in [1.165, 1.54) is 12.1 Å². The molecule has 1 atom stereocenters. The van der Waals surface area contributed by atoms with Gasteiger partial charge in [-0.15, -0.1) is 0 Å². The number of carbonyl (C=O) groups excluding carboxylic acids is 1. The largest absolute Gasteiger partial charge is 0.475 e. The molecule has 8 nitrogen and oxygen atoms in total. The summed E-state index contributed by atoms with van der Waals surface area (Å²) >= 11 is 0. The van der Waals surface area contributed by atoms with Crippen LogP contribution >= 0.6 is 0 Å². The van der Waals surface area contributed by atoms with E-state index in [1.54, 1.807) is 12.1 Å². The molecule has 4 bridgehead atoms. The highest BCUT2D eigenvalue weighted by Gasteiger charge is 2.36. The molecule has 2 heterocycles. The summed E-state index contributed by atoms with van der Waals surface area (Å²) in [7, 11) is -4.10. The number of sulfonamides is 1. The van der Waals surface area contributed by atoms with Crippen LogP contribution in [0.1, 0.15) is 86.3 Å². The van der Waals surface area contributed by atoms with Crippen molar-refractivity contribution < 1.29 is 17.9 Å². The smallest absolute Gasteiger partial charge is 0.264 e. The minimum absolute atomic E-state index is 0.0103. The average molecular weight is 591 g/mol. The average Bonchev–Trinajstić information content (AvgIpc) is 2.93. The zero-order chi connectivity index (χ0) is 30.2. The first-order valence-electron chi connectivity index (χ1n) is 14.9. The quantitative estimate of drug-likeness (QED) is 0.358. The number of aromatic nitrogens is 2. The van der Waals surface area contributed by atoms with E-state index in [-0.39, 0.29) is 40.9 Å². The van der Waals surface area contributed by atoms with Crippen molar-refractivity contribution in [2.24, 2.45) is 5.41 Å². The number of amides is 1. The van der Waals surface area contributed by atoms with E-state index in [1.807, 2.05) is 43.9 Å². The highest BCUT2D eigenvalue weighted by atomic mass is 32.2. The fourth-order valence-electron chi connectivity index (χ4n) is 6.35. The van der Waals surface area contributed by atoms with Gasteiger partial charge in [0.25, 0.3) is 15.9 Å². The Bertz CT molecular complexity index is 1570. The molecular weight excluding hydrogens is 548 g/mol. The van der Waals surface area contributed by atoms with Gasteiger partial charge in [-0.3, -0.25) is 4.79 Å². The van der Waals surface area contributed by atoms with Crippen molar-refractivity contribution in [2.75, 3.05) is 11.3 Å². The highest BCUT2D eigenvalue weighted by Crippen LogP contribution is 2.36. The number of hydrogen-bond donors (Lipinski definition) is 1. The van der Waals surface area contributed by atoms with Gasteiger partial charge in [-0.25, -0.2) is 18.1 Å². The molecule has 1 fully saturated rings. The Morgan fingerprint density at radius 3 is 2.31 bits per heavy atom. The fraction of sp³-hybridized carbons (Fsp3) is 0.485. The van der Waals surface area contributed by atoms with Crippen LogP contribution in [-0.2, 0) is 10.0 Å². The third kappa shape index (κ3) is 6.31. The predicted octanol–water partition coefficient (Wildman–Crippen LogP) is 6.84. The number of nitrogens with one attached hydrogen (secondary N) is 1. The third-order valence-electron chi connectivity index (χ3n) is 8.29. The lowest BCUT2D eigenvalue weighted by atomic mass is 9.85. The molecule has 9 heteroatoms. The molecule has 1 amide bonds. The van der Waals surface area contributed by atoms with Gasteiger partial charge in [0.1, 0.15) is 6.61 Å². The van der Waals surface area contributed by atoms with Gasteiger partial charge in [-0.05, 0) is 74.8 Å². The first-order valence-corrected chi connectivity index (χ1v) is 16.4. The molecule has 1 aliphatic carbocycles. The van der Waals surface area contributed by atoms with Gasteiger partial charge in [-0.2, -0.15) is 4.98 Å². The van der Waals surface area contributed by atoms with E-state index in [0.29, 0.717) is 23.6 Å². The fourth-order valence-corrected chi connectivity index (χ4v) is 7.34. The molecule has 2 aromatic carbocycles. The number of fused-ring (bicyclic) bond motifs is 4. The van der Waals surface area contributed by atoms with Crippen molar-refractivity contribution >= 4 is 21.9 Å². The third-order valence-corrected chi connectivity index (χ3v) is 9.62. The summed E-state index contributed by atoms with van der Waals surface area (Å²) in [6.07, 6.45) is 5.82. The van der Waals surface area contributed by atoms with Crippen LogP contribution in [0.4, 0.5) is 5.95 Å². The van der Waals surface area contributed by atoms with E-state index in [2.05, 4.69) is 30.5 Å². The van der Waals surface area contributed by atoms with E-state index in [4.69, 9.17) is 9.72 Å².